The molecule has 5 rings (SSSR count). The van der Waals surface area contributed by atoms with Crippen LogP contribution in [0.2, 0.25) is 0 Å². The summed E-state index contributed by atoms with van der Waals surface area (Å²) in [6.45, 7) is 9.42. The Morgan fingerprint density at radius 2 is 0.774 bits per heavy atom. The minimum absolute atomic E-state index is 0.0913. The van der Waals surface area contributed by atoms with Crippen molar-refractivity contribution in [3.8, 4) is 0 Å². The number of benzene rings is 4. The lowest BCUT2D eigenvalue weighted by Gasteiger charge is -2.31. The molecule has 1 atom stereocenters. The average Bonchev–Trinajstić information content (AvgIpc) is 3.48. The zero-order chi connectivity index (χ0) is 39.4. The molecule has 0 spiro atoms. The summed E-state index contributed by atoms with van der Waals surface area (Å²) in [6, 6.07) is 13.2. The molecular weight excluding hydrogens is 758 g/mol. The number of hydrogen-bond acceptors (Lipinski definition) is 0. The first-order valence-corrected chi connectivity index (χ1v) is 18.8. The minimum Gasteiger partial charge on any atom is -0.166 e. The fraction of sp³-hybridized carbons (Fsp3) is 0.282. The summed E-state index contributed by atoms with van der Waals surface area (Å²) in [7, 11) is -4.25. The van der Waals surface area contributed by atoms with Crippen molar-refractivity contribution >= 4 is 37.1 Å². The van der Waals surface area contributed by atoms with Gasteiger partial charge in [-0.1, -0.05) is 83.3 Å². The molecule has 0 amide bonds. The topological polar surface area (TPSA) is 0 Å². The molecule has 53 heavy (non-hydrogen) atoms. The standard InChI is InChI=1S/C39H32F12P2/c1-21-9-22(2)12-30(11-21)52(31-13-23(3)10-24(4)14-31)25(5)34-7-6-8-35(34)53(32-17-26(36(40,41)42)15-27(18-32)37(43,44)45)33-19-28(38(46,47)48)16-29(20-33)39(49,50)51/h6,8-20,25H,7H2,1-5H3/t25-/m1/s1. The van der Waals surface area contributed by atoms with Crippen molar-refractivity contribution in [2.45, 2.75) is 71.4 Å². The molecule has 0 unspecified atom stereocenters. The third-order valence-corrected chi connectivity index (χ3v) is 13.9. The molecule has 0 fully saturated rings. The second-order valence-corrected chi connectivity index (χ2v) is 17.9. The van der Waals surface area contributed by atoms with Gasteiger partial charge in [0.15, 0.2) is 0 Å². The van der Waals surface area contributed by atoms with E-state index in [1.807, 2.05) is 71.0 Å². The monoisotopic (exact) mass is 790 g/mol. The van der Waals surface area contributed by atoms with Crippen LogP contribution in [-0.4, -0.2) is 5.66 Å². The Morgan fingerprint density at radius 3 is 1.08 bits per heavy atom. The Balaban J connectivity index is 1.88. The number of alkyl halides is 12. The van der Waals surface area contributed by atoms with E-state index in [1.54, 1.807) is 6.08 Å². The van der Waals surface area contributed by atoms with Crippen molar-refractivity contribution in [3.05, 3.63) is 140 Å². The number of halogens is 12. The maximum absolute atomic E-state index is 14.2. The summed E-state index contributed by atoms with van der Waals surface area (Å²) in [5.41, 5.74) is -3.24. The lowest BCUT2D eigenvalue weighted by Crippen LogP contribution is -2.25. The molecule has 0 N–H and O–H groups in total. The molecule has 0 saturated heterocycles. The maximum atomic E-state index is 14.2. The summed E-state index contributed by atoms with van der Waals surface area (Å²) >= 11 is 0. The van der Waals surface area contributed by atoms with E-state index in [0.717, 1.165) is 32.9 Å². The second kappa shape index (κ2) is 14.6. The van der Waals surface area contributed by atoms with Crippen molar-refractivity contribution in [2.75, 3.05) is 0 Å². The van der Waals surface area contributed by atoms with Gasteiger partial charge in [0.25, 0.3) is 0 Å². The van der Waals surface area contributed by atoms with E-state index in [2.05, 4.69) is 0 Å². The largest absolute Gasteiger partial charge is 0.416 e. The zero-order valence-electron chi connectivity index (χ0n) is 28.8. The summed E-state index contributed by atoms with van der Waals surface area (Å²) in [4.78, 5) is 0. The molecule has 282 valence electrons. The van der Waals surface area contributed by atoms with Crippen LogP contribution in [0.4, 0.5) is 52.7 Å². The fourth-order valence-electron chi connectivity index (χ4n) is 6.61. The van der Waals surface area contributed by atoms with Crippen LogP contribution in [0.25, 0.3) is 0 Å². The van der Waals surface area contributed by atoms with Crippen molar-refractivity contribution in [3.63, 3.8) is 0 Å². The summed E-state index contributed by atoms with van der Waals surface area (Å²) in [6.07, 6.45) is -18.2. The number of aryl methyl sites for hydroxylation is 4. The van der Waals surface area contributed by atoms with E-state index in [9.17, 15) is 52.7 Å². The SMILES string of the molecule is Cc1cc(C)cc(P(c2cc(C)cc(C)c2)[C@H](C)C2=C(P(c3cc(C(F)(F)F)cc(C(F)(F)F)c3)c3cc(C(F)(F)F)cc(C(F)(F)F)c3)C=CC2)c1. The highest BCUT2D eigenvalue weighted by Gasteiger charge is 2.41. The van der Waals surface area contributed by atoms with E-state index in [0.29, 0.717) is 29.8 Å². The van der Waals surface area contributed by atoms with Crippen molar-refractivity contribution in [2.24, 2.45) is 0 Å². The summed E-state index contributed by atoms with van der Waals surface area (Å²) in [5.74, 6) is 0. The first-order chi connectivity index (χ1) is 24.3. The van der Waals surface area contributed by atoms with Crippen LogP contribution in [-0.2, 0) is 24.7 Å². The van der Waals surface area contributed by atoms with Gasteiger partial charge >= 0.3 is 24.7 Å². The van der Waals surface area contributed by atoms with Crippen LogP contribution in [0.15, 0.2) is 95.8 Å². The van der Waals surface area contributed by atoms with E-state index >= 15 is 0 Å². The number of rotatable bonds is 7. The van der Waals surface area contributed by atoms with Crippen LogP contribution in [0.3, 0.4) is 0 Å². The number of hydrogen-bond donors (Lipinski definition) is 0. The van der Waals surface area contributed by atoms with Crippen LogP contribution in [0, 0.1) is 27.7 Å². The zero-order valence-corrected chi connectivity index (χ0v) is 30.6. The fourth-order valence-corrected chi connectivity index (χ4v) is 12.6. The smallest absolute Gasteiger partial charge is 0.166 e. The molecule has 4 aromatic rings. The Hall–Kier alpha value is -3.62. The van der Waals surface area contributed by atoms with Gasteiger partial charge in [0.05, 0.1) is 22.3 Å². The molecule has 1 aliphatic carbocycles. The van der Waals surface area contributed by atoms with Gasteiger partial charge in [-0.15, -0.1) is 0 Å². The van der Waals surface area contributed by atoms with Gasteiger partial charge < -0.3 is 0 Å². The highest BCUT2D eigenvalue weighted by atomic mass is 31.1. The number of allylic oxidation sites excluding steroid dienone is 4. The van der Waals surface area contributed by atoms with Gasteiger partial charge in [-0.25, -0.2) is 0 Å². The molecule has 0 saturated carbocycles. The molecule has 0 heterocycles. The molecule has 0 aliphatic heterocycles. The molecule has 0 nitrogen and oxygen atoms in total. The quantitative estimate of drug-likeness (QED) is 0.129. The van der Waals surface area contributed by atoms with E-state index in [-0.39, 0.29) is 23.9 Å². The van der Waals surface area contributed by atoms with E-state index in [4.69, 9.17) is 0 Å². The van der Waals surface area contributed by atoms with Gasteiger partial charge in [-0.3, -0.25) is 0 Å². The van der Waals surface area contributed by atoms with Crippen LogP contribution >= 0.6 is 15.8 Å². The lowest BCUT2D eigenvalue weighted by molar-refractivity contribution is -0.144. The van der Waals surface area contributed by atoms with Gasteiger partial charge in [0.1, 0.15) is 0 Å². The molecule has 1 aliphatic rings. The third-order valence-electron chi connectivity index (χ3n) is 8.71. The molecule has 14 heteroatoms. The molecule has 4 aromatic carbocycles. The van der Waals surface area contributed by atoms with Gasteiger partial charge in [0.2, 0.25) is 0 Å². The van der Waals surface area contributed by atoms with Crippen molar-refractivity contribution < 1.29 is 52.7 Å². The Bertz CT molecular complexity index is 1850. The summed E-state index contributed by atoms with van der Waals surface area (Å²) < 4.78 is 170. The van der Waals surface area contributed by atoms with Gasteiger partial charge in [-0.2, -0.15) is 52.7 Å². The average molecular weight is 791 g/mol. The molecule has 0 bridgehead atoms. The predicted molar refractivity (Wildman–Crippen MR) is 187 cm³/mol. The normalized spacial score (nSPS) is 14.9. The lowest BCUT2D eigenvalue weighted by atomic mass is 10.1. The third kappa shape index (κ3) is 9.20. The van der Waals surface area contributed by atoms with Crippen LogP contribution in [0.1, 0.15) is 57.9 Å². The predicted octanol–water partition coefficient (Wildman–Crippen LogP) is 12.2. The molecular formula is C39H32F12P2. The second-order valence-electron chi connectivity index (χ2n) is 13.1. The summed E-state index contributed by atoms with van der Waals surface area (Å²) in [5, 5.41) is 0.504. The van der Waals surface area contributed by atoms with E-state index < -0.39 is 79.1 Å². The van der Waals surface area contributed by atoms with Crippen molar-refractivity contribution in [1.82, 2.24) is 0 Å². The van der Waals surface area contributed by atoms with E-state index in [1.165, 1.54) is 6.08 Å². The maximum Gasteiger partial charge on any atom is 0.416 e. The highest BCUT2D eigenvalue weighted by Crippen LogP contribution is 2.55. The van der Waals surface area contributed by atoms with Gasteiger partial charge in [-0.05, 0) is 113 Å². The Morgan fingerprint density at radius 1 is 0.453 bits per heavy atom. The molecule has 0 aromatic heterocycles. The first-order valence-electron chi connectivity index (χ1n) is 16.1. The highest BCUT2D eigenvalue weighted by molar-refractivity contribution is 7.77. The van der Waals surface area contributed by atoms with Gasteiger partial charge in [0, 0.05) is 5.66 Å². The van der Waals surface area contributed by atoms with Crippen LogP contribution < -0.4 is 21.2 Å². The molecule has 0 radical (unpaired) electrons. The Labute approximate surface area is 301 Å². The Kier molecular flexibility index (Phi) is 11.1. The first kappa shape index (κ1) is 40.6. The van der Waals surface area contributed by atoms with Crippen molar-refractivity contribution in [1.29, 1.82) is 0 Å². The minimum atomic E-state index is -5.32. The van der Waals surface area contributed by atoms with Crippen LogP contribution in [0.5, 0.6) is 0 Å².